The molecule has 0 spiro atoms. The van der Waals surface area contributed by atoms with Gasteiger partial charge in [0, 0.05) is 38.8 Å². The van der Waals surface area contributed by atoms with Gasteiger partial charge in [-0.15, -0.1) is 24.8 Å². The molecule has 2 aliphatic heterocycles. The summed E-state index contributed by atoms with van der Waals surface area (Å²) in [6, 6.07) is 0.428. The fourth-order valence-electron chi connectivity index (χ4n) is 4.80. The Morgan fingerprint density at radius 1 is 1.04 bits per heavy atom. The molecule has 2 N–H and O–H groups in total. The molecule has 6 nitrogen and oxygen atoms in total. The first-order chi connectivity index (χ1) is 11.7. The van der Waals surface area contributed by atoms with Crippen molar-refractivity contribution in [2.45, 2.75) is 44.6 Å². The van der Waals surface area contributed by atoms with Crippen LogP contribution in [0.3, 0.4) is 0 Å². The van der Waals surface area contributed by atoms with E-state index in [-0.39, 0.29) is 36.1 Å². The molecule has 4 aliphatic rings. The number of rotatable bonds is 4. The molecular weight excluding hydrogens is 375 g/mol. The van der Waals surface area contributed by atoms with Crippen LogP contribution in [-0.2, 0) is 9.59 Å². The number of hydrogen-bond acceptors (Lipinski definition) is 4. The van der Waals surface area contributed by atoms with Crippen molar-refractivity contribution in [2.24, 2.45) is 11.3 Å². The highest BCUT2D eigenvalue weighted by Crippen LogP contribution is 2.45. The highest BCUT2D eigenvalue weighted by atomic mass is 35.5. The topological polar surface area (TPSA) is 64.7 Å². The molecule has 0 aromatic carbocycles. The van der Waals surface area contributed by atoms with Crippen molar-refractivity contribution in [3.8, 4) is 0 Å². The van der Waals surface area contributed by atoms with Gasteiger partial charge in [-0.1, -0.05) is 12.8 Å². The van der Waals surface area contributed by atoms with Crippen LogP contribution >= 0.6 is 24.8 Å². The molecule has 8 heteroatoms. The zero-order valence-corrected chi connectivity index (χ0v) is 17.0. The Morgan fingerprint density at radius 3 is 2.46 bits per heavy atom. The SMILES string of the molecule is Cl.Cl.O=C(CN1CCN(C(=O)[C@@]23CCCC[C@H]2CNC3)CC1)NC1CC1. The molecule has 2 saturated carbocycles. The number of piperazine rings is 1. The average Bonchev–Trinajstić information content (AvgIpc) is 3.29. The lowest BCUT2D eigenvalue weighted by atomic mass is 9.67. The zero-order valence-electron chi connectivity index (χ0n) is 15.4. The quantitative estimate of drug-likeness (QED) is 0.731. The van der Waals surface area contributed by atoms with E-state index < -0.39 is 0 Å². The third-order valence-corrected chi connectivity index (χ3v) is 6.43. The van der Waals surface area contributed by atoms with E-state index in [1.807, 2.05) is 0 Å². The Balaban J connectivity index is 0.00000121. The Kier molecular flexibility index (Phi) is 7.60. The summed E-state index contributed by atoms with van der Waals surface area (Å²) >= 11 is 0. The standard InChI is InChI=1S/C18H30N4O2.2ClH/c23-16(20-15-4-5-15)12-21-7-9-22(10-8-21)17(24)18-6-2-1-3-14(18)11-19-13-18;;/h14-15,19H,1-13H2,(H,20,23);2*1H/t14-,18+;;/m0../s1. The highest BCUT2D eigenvalue weighted by Gasteiger charge is 2.51. The summed E-state index contributed by atoms with van der Waals surface area (Å²) in [4.78, 5) is 29.4. The second kappa shape index (κ2) is 9.09. The molecule has 150 valence electrons. The Hall–Kier alpha value is -0.560. The molecule has 2 aliphatic carbocycles. The molecular formula is C18H32Cl2N4O2. The minimum atomic E-state index is -0.135. The van der Waals surface area contributed by atoms with E-state index in [9.17, 15) is 9.59 Å². The Labute approximate surface area is 168 Å². The van der Waals surface area contributed by atoms with Crippen molar-refractivity contribution in [3.63, 3.8) is 0 Å². The summed E-state index contributed by atoms with van der Waals surface area (Å²) in [5, 5.41) is 6.52. The molecule has 0 radical (unpaired) electrons. The van der Waals surface area contributed by atoms with Crippen LogP contribution in [0.15, 0.2) is 0 Å². The second-order valence-corrected chi connectivity index (χ2v) is 8.14. The average molecular weight is 407 g/mol. The lowest BCUT2D eigenvalue weighted by Crippen LogP contribution is -2.56. The van der Waals surface area contributed by atoms with Crippen LogP contribution < -0.4 is 10.6 Å². The van der Waals surface area contributed by atoms with Gasteiger partial charge in [-0.05, 0) is 38.1 Å². The number of nitrogens with one attached hydrogen (secondary N) is 2. The van der Waals surface area contributed by atoms with Crippen LogP contribution in [0, 0.1) is 11.3 Å². The molecule has 4 rings (SSSR count). The molecule has 2 heterocycles. The fourth-order valence-corrected chi connectivity index (χ4v) is 4.80. The lowest BCUT2D eigenvalue weighted by Gasteiger charge is -2.43. The van der Waals surface area contributed by atoms with Crippen molar-refractivity contribution in [3.05, 3.63) is 0 Å². The lowest BCUT2D eigenvalue weighted by molar-refractivity contribution is -0.147. The van der Waals surface area contributed by atoms with E-state index in [0.29, 0.717) is 24.4 Å². The summed E-state index contributed by atoms with van der Waals surface area (Å²) in [6.45, 7) is 5.52. The van der Waals surface area contributed by atoms with E-state index in [2.05, 4.69) is 20.4 Å². The van der Waals surface area contributed by atoms with Crippen LogP contribution in [0.1, 0.15) is 38.5 Å². The van der Waals surface area contributed by atoms with E-state index in [0.717, 1.165) is 58.5 Å². The maximum absolute atomic E-state index is 13.2. The molecule has 4 fully saturated rings. The molecule has 0 aromatic rings. The monoisotopic (exact) mass is 406 g/mol. The predicted octanol–water partition coefficient (Wildman–Crippen LogP) is 1.03. The van der Waals surface area contributed by atoms with Crippen LogP contribution in [0.5, 0.6) is 0 Å². The van der Waals surface area contributed by atoms with Crippen molar-refractivity contribution < 1.29 is 9.59 Å². The van der Waals surface area contributed by atoms with Gasteiger partial charge in [-0.25, -0.2) is 0 Å². The minimum Gasteiger partial charge on any atom is -0.352 e. The summed E-state index contributed by atoms with van der Waals surface area (Å²) in [7, 11) is 0. The number of nitrogens with zero attached hydrogens (tertiary/aromatic N) is 2. The Morgan fingerprint density at radius 2 is 1.77 bits per heavy atom. The number of hydrogen-bond donors (Lipinski definition) is 2. The van der Waals surface area contributed by atoms with Crippen LogP contribution in [0.2, 0.25) is 0 Å². The maximum atomic E-state index is 13.2. The first kappa shape index (κ1) is 21.7. The van der Waals surface area contributed by atoms with E-state index in [1.54, 1.807) is 0 Å². The fraction of sp³-hybridized carbons (Fsp3) is 0.889. The molecule has 0 aromatic heterocycles. The molecule has 2 saturated heterocycles. The van der Waals surface area contributed by atoms with Gasteiger partial charge >= 0.3 is 0 Å². The summed E-state index contributed by atoms with van der Waals surface area (Å²) in [5.74, 6) is 1.04. The first-order valence-electron chi connectivity index (χ1n) is 9.69. The first-order valence-corrected chi connectivity index (χ1v) is 9.69. The number of halogens is 2. The summed E-state index contributed by atoms with van der Waals surface area (Å²) in [6.07, 6.45) is 6.96. The summed E-state index contributed by atoms with van der Waals surface area (Å²) in [5.41, 5.74) is -0.135. The van der Waals surface area contributed by atoms with Gasteiger partial charge in [0.2, 0.25) is 11.8 Å². The normalized spacial score (nSPS) is 31.4. The summed E-state index contributed by atoms with van der Waals surface area (Å²) < 4.78 is 0. The Bertz CT molecular complexity index is 509. The third kappa shape index (κ3) is 4.46. The number of carbonyl (C=O) groups excluding carboxylic acids is 2. The van der Waals surface area contributed by atoms with Crippen LogP contribution in [-0.4, -0.2) is 73.5 Å². The van der Waals surface area contributed by atoms with Gasteiger partial charge in [-0.2, -0.15) is 0 Å². The molecule has 2 amide bonds. The number of carbonyl (C=O) groups is 2. The van der Waals surface area contributed by atoms with Gasteiger partial charge < -0.3 is 15.5 Å². The van der Waals surface area contributed by atoms with Gasteiger partial charge in [0.1, 0.15) is 0 Å². The number of fused-ring (bicyclic) bond motifs is 1. The minimum absolute atomic E-state index is 0. The molecule has 2 atom stereocenters. The van der Waals surface area contributed by atoms with E-state index >= 15 is 0 Å². The maximum Gasteiger partial charge on any atom is 0.234 e. The van der Waals surface area contributed by atoms with Crippen molar-refractivity contribution in [1.29, 1.82) is 0 Å². The van der Waals surface area contributed by atoms with Gasteiger partial charge in [0.05, 0.1) is 12.0 Å². The van der Waals surface area contributed by atoms with Crippen molar-refractivity contribution in [1.82, 2.24) is 20.4 Å². The van der Waals surface area contributed by atoms with Crippen LogP contribution in [0.25, 0.3) is 0 Å². The van der Waals surface area contributed by atoms with Gasteiger partial charge in [-0.3, -0.25) is 14.5 Å². The smallest absolute Gasteiger partial charge is 0.234 e. The third-order valence-electron chi connectivity index (χ3n) is 6.43. The molecule has 0 bridgehead atoms. The zero-order chi connectivity index (χ0) is 16.6. The highest BCUT2D eigenvalue weighted by molar-refractivity contribution is 5.86. The van der Waals surface area contributed by atoms with Crippen molar-refractivity contribution in [2.75, 3.05) is 45.8 Å². The van der Waals surface area contributed by atoms with E-state index in [1.165, 1.54) is 19.3 Å². The largest absolute Gasteiger partial charge is 0.352 e. The van der Waals surface area contributed by atoms with Gasteiger partial charge in [0.15, 0.2) is 0 Å². The predicted molar refractivity (Wildman–Crippen MR) is 106 cm³/mol. The number of amides is 2. The van der Waals surface area contributed by atoms with Crippen molar-refractivity contribution >= 4 is 36.6 Å². The van der Waals surface area contributed by atoms with Crippen LogP contribution in [0.4, 0.5) is 0 Å². The molecule has 0 unspecified atom stereocenters. The second-order valence-electron chi connectivity index (χ2n) is 8.14. The van der Waals surface area contributed by atoms with E-state index in [4.69, 9.17) is 0 Å². The molecule has 26 heavy (non-hydrogen) atoms. The van der Waals surface area contributed by atoms with Gasteiger partial charge in [0.25, 0.3) is 0 Å².